The maximum atomic E-state index is 12.1. The predicted octanol–water partition coefficient (Wildman–Crippen LogP) is 4.69. The van der Waals surface area contributed by atoms with E-state index in [2.05, 4.69) is 57.2 Å². The molecule has 1 aromatic heterocycles. The molecule has 4 nitrogen and oxygen atoms in total. The van der Waals surface area contributed by atoms with Gasteiger partial charge < -0.3 is 9.88 Å². The Balaban J connectivity index is 1.51. The minimum Gasteiger partial charge on any atom is -0.356 e. The largest absolute Gasteiger partial charge is 0.356 e. The third-order valence-electron chi connectivity index (χ3n) is 5.85. The van der Waals surface area contributed by atoms with Gasteiger partial charge in [-0.25, -0.2) is 0 Å². The standard InChI is InChI=1S/C24H28ClN3O/c1-2-26-24(29)19-11-13-27(14-12-19)17-22-15-20-5-3-4-6-23(20)28(22)16-18-7-9-21(25)10-8-18/h3-10,15,19H,2,11-14,16-17H2,1H3,(H,26,29). The number of benzene rings is 2. The van der Waals surface area contributed by atoms with Crippen LogP contribution < -0.4 is 5.32 Å². The van der Waals surface area contributed by atoms with Crippen LogP contribution in [0.5, 0.6) is 0 Å². The van der Waals surface area contributed by atoms with Gasteiger partial charge in [-0.05, 0) is 68.1 Å². The van der Waals surface area contributed by atoms with Crippen molar-refractivity contribution < 1.29 is 4.79 Å². The lowest BCUT2D eigenvalue weighted by molar-refractivity contribution is -0.126. The molecule has 1 aliphatic rings. The van der Waals surface area contributed by atoms with Crippen LogP contribution in [0.3, 0.4) is 0 Å². The van der Waals surface area contributed by atoms with Gasteiger partial charge in [0.25, 0.3) is 0 Å². The second-order valence-electron chi connectivity index (χ2n) is 7.85. The Hall–Kier alpha value is -2.30. The number of aromatic nitrogens is 1. The summed E-state index contributed by atoms with van der Waals surface area (Å²) in [5.41, 5.74) is 3.82. The number of likely N-dealkylation sites (tertiary alicyclic amines) is 1. The molecule has 1 N–H and O–H groups in total. The van der Waals surface area contributed by atoms with Gasteiger partial charge in [0.15, 0.2) is 0 Å². The van der Waals surface area contributed by atoms with Crippen LogP contribution in [-0.2, 0) is 17.9 Å². The van der Waals surface area contributed by atoms with E-state index in [1.165, 1.54) is 22.2 Å². The highest BCUT2D eigenvalue weighted by Crippen LogP contribution is 2.25. The van der Waals surface area contributed by atoms with Crippen molar-refractivity contribution in [1.82, 2.24) is 14.8 Å². The minimum atomic E-state index is 0.158. The molecule has 5 heteroatoms. The van der Waals surface area contributed by atoms with Crippen molar-refractivity contribution in [2.75, 3.05) is 19.6 Å². The van der Waals surface area contributed by atoms with Crippen LogP contribution in [0.25, 0.3) is 10.9 Å². The third-order valence-corrected chi connectivity index (χ3v) is 6.10. The van der Waals surface area contributed by atoms with Gasteiger partial charge in [-0.1, -0.05) is 41.9 Å². The van der Waals surface area contributed by atoms with E-state index in [0.717, 1.165) is 44.0 Å². The van der Waals surface area contributed by atoms with Gasteiger partial charge in [-0.2, -0.15) is 0 Å². The van der Waals surface area contributed by atoms with Gasteiger partial charge in [-0.15, -0.1) is 0 Å². The average molecular weight is 410 g/mol. The highest BCUT2D eigenvalue weighted by molar-refractivity contribution is 6.30. The normalized spacial score (nSPS) is 15.7. The Morgan fingerprint density at radius 2 is 1.79 bits per heavy atom. The number of fused-ring (bicyclic) bond motifs is 1. The Kier molecular flexibility index (Phi) is 6.22. The maximum absolute atomic E-state index is 12.1. The average Bonchev–Trinajstić information content (AvgIpc) is 3.07. The molecule has 1 aliphatic heterocycles. The zero-order valence-electron chi connectivity index (χ0n) is 16.9. The Morgan fingerprint density at radius 3 is 2.52 bits per heavy atom. The molecule has 0 unspecified atom stereocenters. The fourth-order valence-electron chi connectivity index (χ4n) is 4.26. The van der Waals surface area contributed by atoms with Crippen LogP contribution in [0, 0.1) is 5.92 Å². The number of nitrogens with one attached hydrogen (secondary N) is 1. The third kappa shape index (κ3) is 4.65. The molecule has 4 rings (SSSR count). The van der Waals surface area contributed by atoms with Crippen LogP contribution in [0.15, 0.2) is 54.6 Å². The minimum absolute atomic E-state index is 0.158. The number of para-hydroxylation sites is 1. The maximum Gasteiger partial charge on any atom is 0.223 e. The van der Waals surface area contributed by atoms with Crippen LogP contribution in [0.2, 0.25) is 5.02 Å². The quantitative estimate of drug-likeness (QED) is 0.641. The summed E-state index contributed by atoms with van der Waals surface area (Å²) >= 11 is 6.06. The lowest BCUT2D eigenvalue weighted by atomic mass is 9.96. The zero-order valence-corrected chi connectivity index (χ0v) is 17.7. The summed E-state index contributed by atoms with van der Waals surface area (Å²) in [5, 5.41) is 5.00. The highest BCUT2D eigenvalue weighted by Gasteiger charge is 2.25. The van der Waals surface area contributed by atoms with Crippen LogP contribution in [-0.4, -0.2) is 35.0 Å². The number of rotatable bonds is 6. The highest BCUT2D eigenvalue weighted by atomic mass is 35.5. The van der Waals surface area contributed by atoms with Crippen molar-refractivity contribution in [3.8, 4) is 0 Å². The smallest absolute Gasteiger partial charge is 0.223 e. The first-order chi connectivity index (χ1) is 14.1. The zero-order chi connectivity index (χ0) is 20.2. The van der Waals surface area contributed by atoms with E-state index in [-0.39, 0.29) is 11.8 Å². The summed E-state index contributed by atoms with van der Waals surface area (Å²) in [5.74, 6) is 0.370. The van der Waals surface area contributed by atoms with E-state index >= 15 is 0 Å². The van der Waals surface area contributed by atoms with Crippen molar-refractivity contribution in [3.63, 3.8) is 0 Å². The van der Waals surface area contributed by atoms with Crippen LogP contribution >= 0.6 is 11.6 Å². The molecule has 1 saturated heterocycles. The molecule has 152 valence electrons. The topological polar surface area (TPSA) is 37.3 Å². The summed E-state index contributed by atoms with van der Waals surface area (Å²) in [6, 6.07) is 19.0. The monoisotopic (exact) mass is 409 g/mol. The number of carbonyl (C=O) groups excluding carboxylic acids is 1. The SMILES string of the molecule is CCNC(=O)C1CCN(Cc2cc3ccccc3n2Cc2ccc(Cl)cc2)CC1. The van der Waals surface area contributed by atoms with E-state index in [9.17, 15) is 4.79 Å². The molecular formula is C24H28ClN3O. The molecule has 0 aliphatic carbocycles. The van der Waals surface area contributed by atoms with Gasteiger partial charge in [0.1, 0.15) is 0 Å². The molecule has 0 bridgehead atoms. The molecule has 0 atom stereocenters. The van der Waals surface area contributed by atoms with Gasteiger partial charge in [0.2, 0.25) is 5.91 Å². The first-order valence-electron chi connectivity index (χ1n) is 10.5. The van der Waals surface area contributed by atoms with Gasteiger partial charge >= 0.3 is 0 Å². The van der Waals surface area contributed by atoms with Crippen LogP contribution in [0.1, 0.15) is 31.0 Å². The molecule has 0 radical (unpaired) electrons. The lowest BCUT2D eigenvalue weighted by Gasteiger charge is -2.31. The van der Waals surface area contributed by atoms with E-state index in [4.69, 9.17) is 11.6 Å². The molecule has 2 aromatic carbocycles. The van der Waals surface area contributed by atoms with Crippen molar-refractivity contribution in [2.45, 2.75) is 32.9 Å². The summed E-state index contributed by atoms with van der Waals surface area (Å²) in [7, 11) is 0. The number of halogens is 1. The molecule has 29 heavy (non-hydrogen) atoms. The number of hydrogen-bond donors (Lipinski definition) is 1. The number of carbonyl (C=O) groups is 1. The van der Waals surface area contributed by atoms with E-state index in [1.807, 2.05) is 19.1 Å². The van der Waals surface area contributed by atoms with Gasteiger partial charge in [0, 0.05) is 41.8 Å². The summed E-state index contributed by atoms with van der Waals surface area (Å²) in [6.07, 6.45) is 1.87. The number of hydrogen-bond acceptors (Lipinski definition) is 2. The first-order valence-corrected chi connectivity index (χ1v) is 10.8. The predicted molar refractivity (Wildman–Crippen MR) is 119 cm³/mol. The molecule has 3 aromatic rings. The lowest BCUT2D eigenvalue weighted by Crippen LogP contribution is -2.40. The van der Waals surface area contributed by atoms with Crippen molar-refractivity contribution in [1.29, 1.82) is 0 Å². The Morgan fingerprint density at radius 1 is 1.07 bits per heavy atom. The Labute approximate surface area is 177 Å². The summed E-state index contributed by atoms with van der Waals surface area (Å²) in [6.45, 7) is 6.35. The fraction of sp³-hybridized carbons (Fsp3) is 0.375. The van der Waals surface area contributed by atoms with E-state index in [1.54, 1.807) is 0 Å². The summed E-state index contributed by atoms with van der Waals surface area (Å²) in [4.78, 5) is 14.6. The van der Waals surface area contributed by atoms with Gasteiger partial charge in [-0.3, -0.25) is 9.69 Å². The number of piperidine rings is 1. The van der Waals surface area contributed by atoms with E-state index in [0.29, 0.717) is 6.54 Å². The second kappa shape index (κ2) is 9.02. The number of amides is 1. The molecular weight excluding hydrogens is 382 g/mol. The summed E-state index contributed by atoms with van der Waals surface area (Å²) < 4.78 is 2.41. The molecule has 0 spiro atoms. The molecule has 1 amide bonds. The van der Waals surface area contributed by atoms with Crippen LogP contribution in [0.4, 0.5) is 0 Å². The Bertz CT molecular complexity index is 971. The molecule has 2 heterocycles. The molecule has 1 fully saturated rings. The fourth-order valence-corrected chi connectivity index (χ4v) is 4.38. The van der Waals surface area contributed by atoms with Crippen molar-refractivity contribution in [3.05, 3.63) is 70.9 Å². The number of nitrogens with zero attached hydrogens (tertiary/aromatic N) is 2. The second-order valence-corrected chi connectivity index (χ2v) is 8.29. The van der Waals surface area contributed by atoms with Crippen molar-refractivity contribution >= 4 is 28.4 Å². The first kappa shape index (κ1) is 20.0. The van der Waals surface area contributed by atoms with Crippen molar-refractivity contribution in [2.24, 2.45) is 5.92 Å². The van der Waals surface area contributed by atoms with E-state index < -0.39 is 0 Å². The molecule has 0 saturated carbocycles. The van der Waals surface area contributed by atoms with Gasteiger partial charge in [0.05, 0.1) is 0 Å².